The van der Waals surface area contributed by atoms with E-state index in [1.807, 2.05) is 66.7 Å². The lowest BCUT2D eigenvalue weighted by Gasteiger charge is -2.29. The Hall–Kier alpha value is -7.34. The van der Waals surface area contributed by atoms with Crippen molar-refractivity contribution in [1.29, 1.82) is 0 Å². The molecule has 77 heavy (non-hydrogen) atoms. The van der Waals surface area contributed by atoms with Crippen LogP contribution in [0.3, 0.4) is 0 Å². The van der Waals surface area contributed by atoms with Crippen LogP contribution in [-0.4, -0.2) is 135 Å². The minimum absolute atomic E-state index is 0.0399. The molecule has 0 aliphatic heterocycles. The van der Waals surface area contributed by atoms with Crippen molar-refractivity contribution in [3.05, 3.63) is 108 Å². The summed E-state index contributed by atoms with van der Waals surface area (Å²) in [5, 5.41) is 44.5. The normalized spacial score (nSPS) is 14.8. The van der Waals surface area contributed by atoms with Crippen molar-refractivity contribution in [2.24, 2.45) is 17.4 Å². The monoisotopic (exact) mass is 1100 g/mol. The second-order valence-corrected chi connectivity index (χ2v) is 19.9. The molecule has 15 N–H and O–H groups in total. The Balaban J connectivity index is 1.39. The summed E-state index contributed by atoms with van der Waals surface area (Å²) in [5.41, 5.74) is 13.7. The number of rotatable bonds is 29. The molecule has 9 atom stereocenters. The number of aromatic amines is 1. The molecule has 21 nitrogen and oxygen atoms in total. The van der Waals surface area contributed by atoms with Gasteiger partial charge in [0.2, 0.25) is 47.3 Å². The fourth-order valence-electron chi connectivity index (χ4n) is 8.40. The number of para-hydroxylation sites is 1. The number of phenolic OH excluding ortho intramolecular Hbond substituents is 1. The van der Waals surface area contributed by atoms with Crippen molar-refractivity contribution in [3.63, 3.8) is 0 Å². The van der Waals surface area contributed by atoms with E-state index in [9.17, 15) is 48.6 Å². The minimum Gasteiger partial charge on any atom is -0.508 e. The van der Waals surface area contributed by atoms with Crippen molar-refractivity contribution in [1.82, 2.24) is 42.2 Å². The molecule has 0 bridgehead atoms. The molecule has 0 spiro atoms. The van der Waals surface area contributed by atoms with E-state index in [1.165, 1.54) is 19.1 Å². The molecule has 414 valence electrons. The first-order valence-electron chi connectivity index (χ1n) is 25.3. The Kier molecular flexibility index (Phi) is 23.0. The molecule has 0 aliphatic rings. The Labute approximate surface area is 457 Å². The number of aromatic nitrogens is 1. The molecule has 4 aromatic carbocycles. The van der Waals surface area contributed by atoms with Crippen molar-refractivity contribution in [2.75, 3.05) is 23.4 Å². The van der Waals surface area contributed by atoms with Crippen LogP contribution in [-0.2, 0) is 51.2 Å². The summed E-state index contributed by atoms with van der Waals surface area (Å²) in [6, 6.07) is 16.6. The van der Waals surface area contributed by atoms with Gasteiger partial charge in [0.1, 0.15) is 54.1 Å². The van der Waals surface area contributed by atoms with Gasteiger partial charge in [-0.15, -0.1) is 0 Å². The molecule has 8 amide bonds. The molecule has 0 unspecified atom stereocenters. The average molecular weight is 1100 g/mol. The Bertz CT molecular complexity index is 2850. The number of phenols is 1. The van der Waals surface area contributed by atoms with Gasteiger partial charge in [-0.1, -0.05) is 74.5 Å². The van der Waals surface area contributed by atoms with E-state index in [0.717, 1.165) is 21.7 Å². The van der Waals surface area contributed by atoms with Gasteiger partial charge in [-0.05, 0) is 97.8 Å². The Morgan fingerprint density at radius 2 is 1.12 bits per heavy atom. The molecule has 0 saturated carbocycles. The topological polar surface area (TPSA) is 341 Å². The third-order valence-corrected chi connectivity index (χ3v) is 13.5. The van der Waals surface area contributed by atoms with Crippen LogP contribution in [0.25, 0.3) is 21.7 Å². The van der Waals surface area contributed by atoms with Crippen LogP contribution in [0.2, 0.25) is 0 Å². The molecule has 1 heterocycles. The second-order valence-electron chi connectivity index (χ2n) is 19.2. The maximum atomic E-state index is 14.8. The number of carbonyl (C=O) groups excluding carboxylic acids is 8. The van der Waals surface area contributed by atoms with Gasteiger partial charge in [0, 0.05) is 47.1 Å². The van der Waals surface area contributed by atoms with Crippen molar-refractivity contribution < 1.29 is 48.6 Å². The van der Waals surface area contributed by atoms with E-state index in [1.54, 1.807) is 39.1 Å². The van der Waals surface area contributed by atoms with E-state index < -0.39 is 108 Å². The number of carbonyl (C=O) groups is 8. The quantitative estimate of drug-likeness (QED) is 0.0238. The standard InChI is InChI=1S/C54H71N11O10S2/c1-29(2)45(54(75)63-44(28-77)53(74)65-46(31(4)66)47(56)68)64-49(70)40(15-9-10-22-55)59-51(72)42(25-35-26-57-39-14-8-7-13-38(35)39)61-50(71)41(23-32-16-20-37(67)21-17-32)60-52(73)43(27-76)62-48(69)30(3)58-36-19-18-33-11-5-6-12-34(33)24-36/h5-8,11-14,16-21,24,26,29-31,40-46,57-58,66-67,76-77H,9-10,15,22-23,25,27-28,55H2,1-4H3,(H2,56,68)(H,59,72)(H,60,73)(H,61,71)(H,62,69)(H,63,75)(H,64,70)(H,65,74)/t30-,31-,40+,41+,42-,43+,44+,45+,46+/m1/s1. The van der Waals surface area contributed by atoms with Crippen molar-refractivity contribution in [3.8, 4) is 5.75 Å². The zero-order valence-corrected chi connectivity index (χ0v) is 45.2. The molecule has 0 radical (unpaired) electrons. The first-order chi connectivity index (χ1) is 36.7. The van der Waals surface area contributed by atoms with Gasteiger partial charge in [0.15, 0.2) is 0 Å². The highest BCUT2D eigenvalue weighted by atomic mass is 32.1. The van der Waals surface area contributed by atoms with Crippen molar-refractivity contribution in [2.45, 2.75) is 114 Å². The lowest BCUT2D eigenvalue weighted by Crippen LogP contribution is -2.61. The number of fused-ring (bicyclic) bond motifs is 2. The molecule has 5 aromatic rings. The third-order valence-electron chi connectivity index (χ3n) is 12.8. The van der Waals surface area contributed by atoms with Crippen LogP contribution in [0.1, 0.15) is 58.1 Å². The number of amides is 8. The second kappa shape index (κ2) is 29.3. The van der Waals surface area contributed by atoms with Gasteiger partial charge in [0.25, 0.3) is 0 Å². The minimum atomic E-state index is -1.46. The average Bonchev–Trinajstić information content (AvgIpc) is 3.82. The van der Waals surface area contributed by atoms with Gasteiger partial charge >= 0.3 is 0 Å². The van der Waals surface area contributed by atoms with Crippen LogP contribution in [0, 0.1) is 5.92 Å². The van der Waals surface area contributed by atoms with Gasteiger partial charge < -0.3 is 69.2 Å². The number of nitrogens with two attached hydrogens (primary N) is 2. The van der Waals surface area contributed by atoms with Crippen molar-refractivity contribution >= 4 is 99.9 Å². The summed E-state index contributed by atoms with van der Waals surface area (Å²) in [6.45, 7) is 6.46. The summed E-state index contributed by atoms with van der Waals surface area (Å²) in [5.74, 6) is -7.30. The fraction of sp³-hybridized carbons (Fsp3) is 0.407. The third kappa shape index (κ3) is 17.6. The molecule has 0 saturated heterocycles. The number of aliphatic hydroxyl groups is 1. The lowest BCUT2D eigenvalue weighted by atomic mass is 10.00. The highest BCUT2D eigenvalue weighted by Gasteiger charge is 2.36. The maximum Gasteiger partial charge on any atom is 0.244 e. The van der Waals surface area contributed by atoms with Crippen LogP contribution < -0.4 is 54.0 Å². The summed E-state index contributed by atoms with van der Waals surface area (Å²) in [7, 11) is 0. The zero-order valence-electron chi connectivity index (χ0n) is 43.4. The van der Waals surface area contributed by atoms with Crippen LogP contribution in [0.4, 0.5) is 5.69 Å². The summed E-state index contributed by atoms with van der Waals surface area (Å²) in [6.07, 6.45) is 0.993. The summed E-state index contributed by atoms with van der Waals surface area (Å²) >= 11 is 8.56. The van der Waals surface area contributed by atoms with E-state index >= 15 is 0 Å². The van der Waals surface area contributed by atoms with Gasteiger partial charge in [-0.2, -0.15) is 25.3 Å². The largest absolute Gasteiger partial charge is 0.508 e. The molecular weight excluding hydrogens is 1030 g/mol. The van der Waals surface area contributed by atoms with Gasteiger partial charge in [-0.3, -0.25) is 38.4 Å². The number of nitrogens with one attached hydrogen (secondary N) is 9. The summed E-state index contributed by atoms with van der Waals surface area (Å²) < 4.78 is 0. The van der Waals surface area contributed by atoms with Crippen LogP contribution in [0.15, 0.2) is 97.2 Å². The SMILES string of the molecule is CC(C)[C@H](NC(=O)[C@H](CCCCN)NC(=O)[C@@H](Cc1c[nH]c2ccccc12)NC(=O)[C@H](Cc1ccc(O)cc1)NC(=O)[C@H](CS)NC(=O)[C@@H](C)Nc1ccc2ccccc2c1)C(=O)N[C@@H](CS)C(=O)N[C@H](C(N)=O)[C@@H](C)O. The Morgan fingerprint density at radius 3 is 1.73 bits per heavy atom. The predicted octanol–water partition coefficient (Wildman–Crippen LogP) is 1.22. The fourth-order valence-corrected chi connectivity index (χ4v) is 8.91. The van der Waals surface area contributed by atoms with E-state index in [2.05, 4.69) is 72.8 Å². The number of aromatic hydroxyl groups is 1. The number of anilines is 1. The van der Waals surface area contributed by atoms with E-state index in [-0.39, 0.29) is 43.1 Å². The van der Waals surface area contributed by atoms with Crippen LogP contribution in [0.5, 0.6) is 5.75 Å². The zero-order chi connectivity index (χ0) is 56.3. The van der Waals surface area contributed by atoms with Gasteiger partial charge in [-0.25, -0.2) is 0 Å². The first kappa shape index (κ1) is 60.5. The number of benzene rings is 4. The molecule has 0 aliphatic carbocycles. The molecule has 5 rings (SSSR count). The predicted molar refractivity (Wildman–Crippen MR) is 301 cm³/mol. The number of thiol groups is 2. The number of unbranched alkanes of at least 4 members (excludes halogenated alkanes) is 1. The lowest BCUT2D eigenvalue weighted by molar-refractivity contribution is -0.136. The molecule has 23 heteroatoms. The number of hydrogen-bond donors (Lipinski definition) is 15. The maximum absolute atomic E-state index is 14.8. The molecule has 1 aromatic heterocycles. The smallest absolute Gasteiger partial charge is 0.244 e. The highest BCUT2D eigenvalue weighted by Crippen LogP contribution is 2.22. The first-order valence-corrected chi connectivity index (χ1v) is 26.6. The van der Waals surface area contributed by atoms with E-state index in [4.69, 9.17) is 11.5 Å². The van der Waals surface area contributed by atoms with E-state index in [0.29, 0.717) is 29.7 Å². The molecule has 0 fully saturated rings. The molecular formula is C54H71N11O10S2. The number of hydrogen-bond acceptors (Lipinski definition) is 14. The van der Waals surface area contributed by atoms with Crippen LogP contribution >= 0.6 is 25.3 Å². The van der Waals surface area contributed by atoms with Gasteiger partial charge in [0.05, 0.1) is 6.10 Å². The highest BCUT2D eigenvalue weighted by molar-refractivity contribution is 7.80. The number of aliphatic hydroxyl groups excluding tert-OH is 1. The summed E-state index contributed by atoms with van der Waals surface area (Å²) in [4.78, 5) is 113. The number of primary amides is 1. The number of H-pyrrole nitrogens is 1. The Morgan fingerprint density at radius 1 is 0.584 bits per heavy atom.